The van der Waals surface area contributed by atoms with Gasteiger partial charge in [-0.05, 0) is 24.0 Å². The Morgan fingerprint density at radius 1 is 1.40 bits per heavy atom. The van der Waals surface area contributed by atoms with E-state index >= 15 is 0 Å². The summed E-state index contributed by atoms with van der Waals surface area (Å²) in [6.07, 6.45) is 0.756. The van der Waals surface area contributed by atoms with Gasteiger partial charge in [0.05, 0.1) is 12.2 Å². The molecule has 2 aromatic rings. The van der Waals surface area contributed by atoms with E-state index in [1.807, 2.05) is 24.3 Å². The van der Waals surface area contributed by atoms with E-state index in [0.29, 0.717) is 23.2 Å². The van der Waals surface area contributed by atoms with Crippen molar-refractivity contribution in [1.29, 1.82) is 5.26 Å². The summed E-state index contributed by atoms with van der Waals surface area (Å²) < 4.78 is 2.70. The summed E-state index contributed by atoms with van der Waals surface area (Å²) >= 11 is 9.79. The highest BCUT2D eigenvalue weighted by Gasteiger charge is 2.17. The lowest BCUT2D eigenvalue weighted by molar-refractivity contribution is 0.607. The van der Waals surface area contributed by atoms with Crippen LogP contribution in [0.1, 0.15) is 30.7 Å². The van der Waals surface area contributed by atoms with Gasteiger partial charge >= 0.3 is 0 Å². The number of benzene rings is 1. The molecule has 0 spiro atoms. The molecule has 0 unspecified atom stereocenters. The van der Waals surface area contributed by atoms with E-state index in [0.717, 1.165) is 22.2 Å². The smallest absolute Gasteiger partial charge is 0.145 e. The summed E-state index contributed by atoms with van der Waals surface area (Å²) in [5.41, 5.74) is 2.35. The van der Waals surface area contributed by atoms with Crippen molar-refractivity contribution in [2.75, 3.05) is 0 Å². The van der Waals surface area contributed by atoms with Crippen LogP contribution < -0.4 is 0 Å². The van der Waals surface area contributed by atoms with Crippen molar-refractivity contribution in [2.45, 2.75) is 26.8 Å². The fraction of sp³-hybridized carbons (Fsp3) is 0.333. The molecule has 0 aliphatic carbocycles. The van der Waals surface area contributed by atoms with Gasteiger partial charge in [-0.3, -0.25) is 0 Å². The molecule has 1 heterocycles. The van der Waals surface area contributed by atoms with Gasteiger partial charge in [0, 0.05) is 4.47 Å². The van der Waals surface area contributed by atoms with Gasteiger partial charge in [-0.25, -0.2) is 4.68 Å². The summed E-state index contributed by atoms with van der Waals surface area (Å²) in [4.78, 5) is 0. The normalized spacial score (nSPS) is 10.8. The van der Waals surface area contributed by atoms with Crippen LogP contribution in [0.15, 0.2) is 28.7 Å². The van der Waals surface area contributed by atoms with Crippen molar-refractivity contribution in [3.05, 3.63) is 50.7 Å². The van der Waals surface area contributed by atoms with Gasteiger partial charge in [0.15, 0.2) is 0 Å². The molecule has 0 amide bonds. The van der Waals surface area contributed by atoms with Gasteiger partial charge in [-0.2, -0.15) is 10.4 Å². The minimum atomic E-state index is 0.416. The van der Waals surface area contributed by atoms with E-state index in [1.54, 1.807) is 4.68 Å². The number of nitriles is 1. The molecule has 3 nitrogen and oxygen atoms in total. The first-order chi connectivity index (χ1) is 9.52. The van der Waals surface area contributed by atoms with Crippen LogP contribution >= 0.6 is 27.5 Å². The molecule has 2 rings (SSSR count). The van der Waals surface area contributed by atoms with Crippen molar-refractivity contribution in [3.8, 4) is 6.07 Å². The zero-order valence-electron chi connectivity index (χ0n) is 11.4. The van der Waals surface area contributed by atoms with E-state index < -0.39 is 0 Å². The Labute approximate surface area is 132 Å². The van der Waals surface area contributed by atoms with Crippen molar-refractivity contribution < 1.29 is 0 Å². The van der Waals surface area contributed by atoms with Crippen LogP contribution in [0.5, 0.6) is 0 Å². The first kappa shape index (κ1) is 15.1. The highest BCUT2D eigenvalue weighted by molar-refractivity contribution is 9.10. The van der Waals surface area contributed by atoms with Crippen LogP contribution in [0.25, 0.3) is 0 Å². The molecule has 0 saturated heterocycles. The Morgan fingerprint density at radius 2 is 2.10 bits per heavy atom. The average molecular weight is 353 g/mol. The highest BCUT2D eigenvalue weighted by Crippen LogP contribution is 2.24. The Hall–Kier alpha value is -1.31. The Morgan fingerprint density at radius 3 is 2.70 bits per heavy atom. The zero-order valence-corrected chi connectivity index (χ0v) is 13.7. The molecular weight excluding hydrogens is 338 g/mol. The molecule has 0 saturated carbocycles. The fourth-order valence-corrected chi connectivity index (χ4v) is 2.68. The Kier molecular flexibility index (Phi) is 4.85. The van der Waals surface area contributed by atoms with Crippen LogP contribution in [0.2, 0.25) is 5.15 Å². The van der Waals surface area contributed by atoms with Gasteiger partial charge in [0.25, 0.3) is 0 Å². The number of nitrogens with zero attached hydrogens (tertiary/aromatic N) is 3. The molecular formula is C15H15BrClN3. The molecule has 0 radical (unpaired) electrons. The fourth-order valence-electron chi connectivity index (χ4n) is 2.02. The summed E-state index contributed by atoms with van der Waals surface area (Å²) in [5.74, 6) is 0.435. The largest absolute Gasteiger partial charge is 0.248 e. The highest BCUT2D eigenvalue weighted by atomic mass is 79.9. The van der Waals surface area contributed by atoms with E-state index in [2.05, 4.69) is 40.9 Å². The first-order valence-electron chi connectivity index (χ1n) is 6.41. The maximum Gasteiger partial charge on any atom is 0.145 e. The number of hydrogen-bond donors (Lipinski definition) is 0. The molecule has 20 heavy (non-hydrogen) atoms. The lowest BCUT2D eigenvalue weighted by Gasteiger charge is -2.05. The molecule has 0 aliphatic rings. The van der Waals surface area contributed by atoms with E-state index in [-0.39, 0.29) is 0 Å². The monoisotopic (exact) mass is 351 g/mol. The lowest BCUT2D eigenvalue weighted by Crippen LogP contribution is -2.04. The molecule has 0 N–H and O–H groups in total. The predicted octanol–water partition coefficient (Wildman–Crippen LogP) is 4.42. The molecule has 104 valence electrons. The average Bonchev–Trinajstić information content (AvgIpc) is 2.67. The lowest BCUT2D eigenvalue weighted by atomic mass is 10.1. The number of aromatic nitrogens is 2. The molecule has 5 heteroatoms. The number of rotatable bonds is 4. The van der Waals surface area contributed by atoms with E-state index in [4.69, 9.17) is 11.6 Å². The third kappa shape index (κ3) is 3.23. The van der Waals surface area contributed by atoms with Crippen molar-refractivity contribution in [2.24, 2.45) is 5.92 Å². The summed E-state index contributed by atoms with van der Waals surface area (Å²) in [6, 6.07) is 10.1. The second-order valence-corrected chi connectivity index (χ2v) is 6.28. The van der Waals surface area contributed by atoms with Crippen LogP contribution in [0.3, 0.4) is 0 Å². The zero-order chi connectivity index (χ0) is 14.7. The molecule has 0 aliphatic heterocycles. The maximum atomic E-state index is 9.25. The summed E-state index contributed by atoms with van der Waals surface area (Å²) in [7, 11) is 0. The minimum Gasteiger partial charge on any atom is -0.248 e. The second kappa shape index (κ2) is 6.43. The summed E-state index contributed by atoms with van der Waals surface area (Å²) in [6.45, 7) is 4.75. The van der Waals surface area contributed by atoms with Gasteiger partial charge in [0.2, 0.25) is 0 Å². The van der Waals surface area contributed by atoms with Crippen LogP contribution in [0, 0.1) is 17.2 Å². The summed E-state index contributed by atoms with van der Waals surface area (Å²) in [5, 5.41) is 14.2. The minimum absolute atomic E-state index is 0.416. The van der Waals surface area contributed by atoms with E-state index in [9.17, 15) is 5.26 Å². The maximum absolute atomic E-state index is 9.25. The van der Waals surface area contributed by atoms with Gasteiger partial charge in [-0.15, -0.1) is 0 Å². The standard InChI is InChI=1S/C15H15BrClN3/c1-10(2)7-14-12(8-18)15(17)20(19-14)9-11-5-3-4-6-13(11)16/h3-6,10H,7,9H2,1-2H3. The molecule has 1 aromatic carbocycles. The predicted molar refractivity (Wildman–Crippen MR) is 83.7 cm³/mol. The van der Waals surface area contributed by atoms with Gasteiger partial charge < -0.3 is 0 Å². The quantitative estimate of drug-likeness (QED) is 0.817. The van der Waals surface area contributed by atoms with Crippen LogP contribution in [0.4, 0.5) is 0 Å². The second-order valence-electron chi connectivity index (χ2n) is 5.07. The van der Waals surface area contributed by atoms with Gasteiger partial charge in [0.1, 0.15) is 16.8 Å². The van der Waals surface area contributed by atoms with Crippen molar-refractivity contribution in [1.82, 2.24) is 9.78 Å². The Balaban J connectivity index is 2.36. The Bertz CT molecular complexity index is 656. The van der Waals surface area contributed by atoms with Crippen LogP contribution in [-0.2, 0) is 13.0 Å². The van der Waals surface area contributed by atoms with Crippen molar-refractivity contribution in [3.63, 3.8) is 0 Å². The SMILES string of the molecule is CC(C)Cc1nn(Cc2ccccc2Br)c(Cl)c1C#N. The van der Waals surface area contributed by atoms with E-state index in [1.165, 1.54) is 0 Å². The topological polar surface area (TPSA) is 41.6 Å². The van der Waals surface area contributed by atoms with Crippen molar-refractivity contribution >= 4 is 27.5 Å². The van der Waals surface area contributed by atoms with Crippen LogP contribution in [-0.4, -0.2) is 9.78 Å². The first-order valence-corrected chi connectivity index (χ1v) is 7.58. The molecule has 1 aromatic heterocycles. The van der Waals surface area contributed by atoms with Gasteiger partial charge in [-0.1, -0.05) is 59.6 Å². The number of halogens is 2. The molecule has 0 atom stereocenters. The molecule has 0 bridgehead atoms. The third-order valence-corrected chi connectivity index (χ3v) is 4.11. The number of hydrogen-bond acceptors (Lipinski definition) is 2. The molecule has 0 fully saturated rings. The third-order valence-electron chi connectivity index (χ3n) is 2.95.